The molecular formula is C14H18N4O2. The minimum Gasteiger partial charge on any atom is -0.493 e. The van der Waals surface area contributed by atoms with Crippen LogP contribution in [0.2, 0.25) is 0 Å². The molecule has 2 rings (SSSR count). The molecule has 1 aromatic carbocycles. The lowest BCUT2D eigenvalue weighted by atomic mass is 10.3. The van der Waals surface area contributed by atoms with Crippen LogP contribution in [-0.2, 0) is 11.3 Å². The van der Waals surface area contributed by atoms with Crippen LogP contribution in [0.25, 0.3) is 0 Å². The molecule has 6 nitrogen and oxygen atoms in total. The standard InChI is InChI=1S/C14H18N4O2/c1-12(9-18-11-15-10-16-18)17-14(19)7-8-20-13-5-3-2-4-6-13/h2-6,10-12H,7-9H2,1H3,(H,17,19)/t12-/m1/s1. The Morgan fingerprint density at radius 2 is 2.20 bits per heavy atom. The average Bonchev–Trinajstić information content (AvgIpc) is 2.92. The number of benzene rings is 1. The largest absolute Gasteiger partial charge is 0.493 e. The first-order valence-corrected chi connectivity index (χ1v) is 6.53. The van der Waals surface area contributed by atoms with E-state index in [1.807, 2.05) is 37.3 Å². The van der Waals surface area contributed by atoms with Crippen LogP contribution in [0.4, 0.5) is 0 Å². The van der Waals surface area contributed by atoms with Crippen molar-refractivity contribution in [2.24, 2.45) is 0 Å². The molecule has 1 heterocycles. The first kappa shape index (κ1) is 14.0. The Balaban J connectivity index is 1.65. The molecule has 0 aliphatic heterocycles. The fourth-order valence-corrected chi connectivity index (χ4v) is 1.78. The summed E-state index contributed by atoms with van der Waals surface area (Å²) in [6, 6.07) is 9.45. The van der Waals surface area contributed by atoms with Crippen LogP contribution in [0.1, 0.15) is 13.3 Å². The quantitative estimate of drug-likeness (QED) is 0.825. The summed E-state index contributed by atoms with van der Waals surface area (Å²) in [5.41, 5.74) is 0. The number of ether oxygens (including phenoxy) is 1. The van der Waals surface area contributed by atoms with Gasteiger partial charge >= 0.3 is 0 Å². The molecule has 0 fully saturated rings. The molecule has 0 radical (unpaired) electrons. The number of aromatic nitrogens is 3. The number of amides is 1. The van der Waals surface area contributed by atoms with Crippen LogP contribution in [0.15, 0.2) is 43.0 Å². The van der Waals surface area contributed by atoms with E-state index in [-0.39, 0.29) is 11.9 Å². The molecule has 0 bridgehead atoms. The molecule has 2 aromatic rings. The lowest BCUT2D eigenvalue weighted by Gasteiger charge is -2.13. The Morgan fingerprint density at radius 3 is 2.90 bits per heavy atom. The number of nitrogens with one attached hydrogen (secondary N) is 1. The second kappa shape index (κ2) is 7.28. The van der Waals surface area contributed by atoms with Gasteiger partial charge in [-0.3, -0.25) is 9.48 Å². The minimum atomic E-state index is -0.0338. The Hall–Kier alpha value is -2.37. The number of nitrogens with zero attached hydrogens (tertiary/aromatic N) is 3. The predicted octanol–water partition coefficient (Wildman–Crippen LogP) is 1.25. The smallest absolute Gasteiger partial charge is 0.223 e. The van der Waals surface area contributed by atoms with Crippen molar-refractivity contribution in [2.75, 3.05) is 6.61 Å². The molecule has 1 N–H and O–H groups in total. The molecule has 0 aliphatic rings. The summed E-state index contributed by atoms with van der Waals surface area (Å²) in [7, 11) is 0. The Kier molecular flexibility index (Phi) is 5.11. The maximum atomic E-state index is 11.7. The van der Waals surface area contributed by atoms with Crippen LogP contribution < -0.4 is 10.1 Å². The van der Waals surface area contributed by atoms with E-state index < -0.39 is 0 Å². The molecule has 20 heavy (non-hydrogen) atoms. The average molecular weight is 274 g/mol. The highest BCUT2D eigenvalue weighted by molar-refractivity contribution is 5.76. The summed E-state index contributed by atoms with van der Waals surface area (Å²) in [6.45, 7) is 2.90. The Bertz CT molecular complexity index is 513. The van der Waals surface area contributed by atoms with E-state index in [0.29, 0.717) is 19.6 Å². The van der Waals surface area contributed by atoms with Gasteiger partial charge in [-0.1, -0.05) is 18.2 Å². The van der Waals surface area contributed by atoms with Crippen molar-refractivity contribution in [3.63, 3.8) is 0 Å². The number of carbonyl (C=O) groups is 1. The molecule has 0 saturated heterocycles. The van der Waals surface area contributed by atoms with Crippen molar-refractivity contribution in [1.29, 1.82) is 0 Å². The van der Waals surface area contributed by atoms with Crippen molar-refractivity contribution in [2.45, 2.75) is 25.9 Å². The van der Waals surface area contributed by atoms with Crippen LogP contribution >= 0.6 is 0 Å². The van der Waals surface area contributed by atoms with E-state index in [0.717, 1.165) is 5.75 Å². The van der Waals surface area contributed by atoms with Crippen LogP contribution in [0, 0.1) is 0 Å². The van der Waals surface area contributed by atoms with Gasteiger partial charge in [-0.15, -0.1) is 0 Å². The van der Waals surface area contributed by atoms with E-state index in [9.17, 15) is 4.79 Å². The van der Waals surface area contributed by atoms with E-state index in [4.69, 9.17) is 4.74 Å². The summed E-state index contributed by atoms with van der Waals surface area (Å²) in [5, 5.41) is 6.89. The maximum Gasteiger partial charge on any atom is 0.223 e. The first-order valence-electron chi connectivity index (χ1n) is 6.53. The van der Waals surface area contributed by atoms with Gasteiger partial charge in [0.2, 0.25) is 5.91 Å². The molecule has 0 spiro atoms. The lowest BCUT2D eigenvalue weighted by molar-refractivity contribution is -0.122. The molecule has 0 saturated carbocycles. The van der Waals surface area contributed by atoms with Crippen molar-refractivity contribution in [3.05, 3.63) is 43.0 Å². The van der Waals surface area contributed by atoms with Crippen molar-refractivity contribution in [1.82, 2.24) is 20.1 Å². The van der Waals surface area contributed by atoms with Crippen molar-refractivity contribution >= 4 is 5.91 Å². The van der Waals surface area contributed by atoms with Crippen molar-refractivity contribution < 1.29 is 9.53 Å². The fourth-order valence-electron chi connectivity index (χ4n) is 1.78. The molecule has 1 atom stereocenters. The second-order valence-electron chi connectivity index (χ2n) is 4.50. The van der Waals surface area contributed by atoms with Crippen LogP contribution in [-0.4, -0.2) is 33.3 Å². The van der Waals surface area contributed by atoms with Gasteiger partial charge in [0.25, 0.3) is 0 Å². The number of carbonyl (C=O) groups excluding carboxylic acids is 1. The molecule has 106 valence electrons. The lowest BCUT2D eigenvalue weighted by Crippen LogP contribution is -2.36. The highest BCUT2D eigenvalue weighted by Crippen LogP contribution is 2.08. The maximum absolute atomic E-state index is 11.7. The Morgan fingerprint density at radius 1 is 1.40 bits per heavy atom. The van der Waals surface area contributed by atoms with E-state index in [1.165, 1.54) is 6.33 Å². The monoisotopic (exact) mass is 274 g/mol. The summed E-state index contributed by atoms with van der Waals surface area (Å²) in [6.07, 6.45) is 3.43. The van der Waals surface area contributed by atoms with Gasteiger partial charge in [-0.25, -0.2) is 4.98 Å². The van der Waals surface area contributed by atoms with Crippen molar-refractivity contribution in [3.8, 4) is 5.75 Å². The van der Waals surface area contributed by atoms with Crippen LogP contribution in [0.3, 0.4) is 0 Å². The highest BCUT2D eigenvalue weighted by atomic mass is 16.5. The molecular weight excluding hydrogens is 256 g/mol. The van der Waals surface area contributed by atoms with Gasteiger partial charge in [-0.05, 0) is 19.1 Å². The normalized spacial score (nSPS) is 11.8. The highest BCUT2D eigenvalue weighted by Gasteiger charge is 2.08. The summed E-state index contributed by atoms with van der Waals surface area (Å²) in [4.78, 5) is 15.6. The summed E-state index contributed by atoms with van der Waals surface area (Å²) in [5.74, 6) is 0.740. The zero-order chi connectivity index (χ0) is 14.2. The van der Waals surface area contributed by atoms with Gasteiger partial charge in [0.15, 0.2) is 0 Å². The fraction of sp³-hybridized carbons (Fsp3) is 0.357. The van der Waals surface area contributed by atoms with E-state index in [1.54, 1.807) is 11.0 Å². The van der Waals surface area contributed by atoms with Gasteiger partial charge in [0, 0.05) is 6.04 Å². The molecule has 0 unspecified atom stereocenters. The zero-order valence-electron chi connectivity index (χ0n) is 11.4. The Labute approximate surface area is 117 Å². The van der Waals surface area contributed by atoms with Gasteiger partial charge < -0.3 is 10.1 Å². The number of para-hydroxylation sites is 1. The van der Waals surface area contributed by atoms with E-state index >= 15 is 0 Å². The SMILES string of the molecule is C[C@H](Cn1cncn1)NC(=O)CCOc1ccccc1. The third-order valence-corrected chi connectivity index (χ3v) is 2.68. The molecule has 1 aromatic heterocycles. The summed E-state index contributed by atoms with van der Waals surface area (Å²) >= 11 is 0. The van der Waals surface area contributed by atoms with Gasteiger partial charge in [0.05, 0.1) is 19.6 Å². The third kappa shape index (κ3) is 4.72. The predicted molar refractivity (Wildman–Crippen MR) is 74.2 cm³/mol. The topological polar surface area (TPSA) is 69.0 Å². The minimum absolute atomic E-state index is 0.000857. The third-order valence-electron chi connectivity index (χ3n) is 2.68. The second-order valence-corrected chi connectivity index (χ2v) is 4.50. The molecule has 1 amide bonds. The first-order chi connectivity index (χ1) is 9.74. The molecule has 6 heteroatoms. The van der Waals surface area contributed by atoms with E-state index in [2.05, 4.69) is 15.4 Å². The zero-order valence-corrected chi connectivity index (χ0v) is 11.4. The van der Waals surface area contributed by atoms with Gasteiger partial charge in [0.1, 0.15) is 18.4 Å². The molecule has 0 aliphatic carbocycles. The number of rotatable bonds is 7. The summed E-state index contributed by atoms with van der Waals surface area (Å²) < 4.78 is 7.16. The van der Waals surface area contributed by atoms with Gasteiger partial charge in [-0.2, -0.15) is 5.10 Å². The number of hydrogen-bond acceptors (Lipinski definition) is 4. The number of hydrogen-bond donors (Lipinski definition) is 1. The van der Waals surface area contributed by atoms with Crippen LogP contribution in [0.5, 0.6) is 5.75 Å².